The molecule has 0 aliphatic carbocycles. The third-order valence-corrected chi connectivity index (χ3v) is 5.57. The molecule has 1 heterocycles. The molecule has 0 radical (unpaired) electrons. The number of rotatable bonds is 2. The molecule has 78 valence electrons. The van der Waals surface area contributed by atoms with Crippen LogP contribution >= 0.6 is 0 Å². The Kier molecular flexibility index (Phi) is 2.70. The molecule has 1 saturated heterocycles. The van der Waals surface area contributed by atoms with E-state index in [1.54, 1.807) is 0 Å². The van der Waals surface area contributed by atoms with Gasteiger partial charge in [0, 0.05) is 25.6 Å². The maximum atomic E-state index is 11.2. The molecule has 5 nitrogen and oxygen atoms in total. The Bertz CT molecular complexity index is 345. The van der Waals surface area contributed by atoms with E-state index in [0.29, 0.717) is 0 Å². The van der Waals surface area contributed by atoms with E-state index in [-0.39, 0.29) is 13.1 Å². The summed E-state index contributed by atoms with van der Waals surface area (Å²) >= 11 is 0. The summed E-state index contributed by atoms with van der Waals surface area (Å²) in [5, 5.41) is 1.20. The van der Waals surface area contributed by atoms with Gasteiger partial charge in [-0.05, 0) is 0 Å². The first-order valence-corrected chi connectivity index (χ1v) is 7.72. The van der Waals surface area contributed by atoms with Gasteiger partial charge in [-0.25, -0.2) is 16.8 Å². The first kappa shape index (κ1) is 10.9. The highest BCUT2D eigenvalue weighted by molar-refractivity contribution is 7.95. The lowest BCUT2D eigenvalue weighted by molar-refractivity contribution is 0.573. The lowest BCUT2D eigenvalue weighted by Gasteiger charge is -2.14. The largest absolute Gasteiger partial charge is 0.314 e. The average Bonchev–Trinajstić information content (AvgIpc) is 2.27. The van der Waals surface area contributed by atoms with Gasteiger partial charge in [-0.1, -0.05) is 0 Å². The molecular weight excluding hydrogens is 214 g/mol. The summed E-state index contributed by atoms with van der Waals surface area (Å²) in [6.07, 6.45) is 2.14. The Morgan fingerprint density at radius 3 is 1.46 bits per heavy atom. The summed E-state index contributed by atoms with van der Waals surface area (Å²) in [6.45, 7) is 0.465. The average molecular weight is 227 g/mol. The minimum Gasteiger partial charge on any atom is -0.314 e. The highest BCUT2D eigenvalue weighted by Gasteiger charge is 2.40. The standard InChI is InChI=1S/C6H13NO4S2/c1-12(8,9)5-3-7-4-6(5)13(2,10)11/h5-7H,3-4H2,1-2H3/t5-,6-/m0/s1. The molecule has 0 bridgehead atoms. The Balaban J connectivity index is 3.03. The van der Waals surface area contributed by atoms with E-state index in [4.69, 9.17) is 0 Å². The van der Waals surface area contributed by atoms with Crippen LogP contribution in [0.1, 0.15) is 0 Å². The monoisotopic (exact) mass is 227 g/mol. The van der Waals surface area contributed by atoms with Gasteiger partial charge in [-0.2, -0.15) is 0 Å². The summed E-state index contributed by atoms with van der Waals surface area (Å²) < 4.78 is 44.7. The number of hydrogen-bond acceptors (Lipinski definition) is 5. The van der Waals surface area contributed by atoms with Gasteiger partial charge in [-0.15, -0.1) is 0 Å². The SMILES string of the molecule is CS(=O)(=O)[C@H]1CNC[C@@H]1S(C)(=O)=O. The number of sulfone groups is 2. The minimum atomic E-state index is -3.28. The van der Waals surface area contributed by atoms with Crippen LogP contribution in [0.25, 0.3) is 0 Å². The molecule has 13 heavy (non-hydrogen) atoms. The van der Waals surface area contributed by atoms with Crippen molar-refractivity contribution in [2.45, 2.75) is 10.5 Å². The Morgan fingerprint density at radius 1 is 0.923 bits per heavy atom. The molecule has 1 N–H and O–H groups in total. The molecule has 0 aromatic carbocycles. The highest BCUT2D eigenvalue weighted by atomic mass is 32.2. The van der Waals surface area contributed by atoms with Gasteiger partial charge in [0.05, 0.1) is 10.5 Å². The quantitative estimate of drug-likeness (QED) is 0.615. The van der Waals surface area contributed by atoms with Crippen LogP contribution in [0, 0.1) is 0 Å². The van der Waals surface area contributed by atoms with Crippen LogP contribution in [-0.4, -0.2) is 52.9 Å². The van der Waals surface area contributed by atoms with Crippen molar-refractivity contribution < 1.29 is 16.8 Å². The molecule has 7 heteroatoms. The van der Waals surface area contributed by atoms with Gasteiger partial charge in [0.15, 0.2) is 19.7 Å². The Morgan fingerprint density at radius 2 is 1.23 bits per heavy atom. The van der Waals surface area contributed by atoms with Crippen LogP contribution in [0.4, 0.5) is 0 Å². The second-order valence-corrected chi connectivity index (χ2v) is 7.92. The summed E-state index contributed by atoms with van der Waals surface area (Å²) in [6, 6.07) is 0. The van der Waals surface area contributed by atoms with E-state index in [0.717, 1.165) is 12.5 Å². The molecule has 1 aliphatic heterocycles. The first-order valence-electron chi connectivity index (χ1n) is 3.81. The summed E-state index contributed by atoms with van der Waals surface area (Å²) in [5.41, 5.74) is 0. The van der Waals surface area contributed by atoms with Crippen molar-refractivity contribution in [1.82, 2.24) is 5.32 Å². The molecule has 1 rings (SSSR count). The molecule has 0 saturated carbocycles. The van der Waals surface area contributed by atoms with Crippen molar-refractivity contribution in [3.63, 3.8) is 0 Å². The molecule has 0 amide bonds. The van der Waals surface area contributed by atoms with E-state index in [1.165, 1.54) is 0 Å². The topological polar surface area (TPSA) is 80.3 Å². The summed E-state index contributed by atoms with van der Waals surface area (Å²) in [5.74, 6) is 0. The maximum absolute atomic E-state index is 11.2. The normalized spacial score (nSPS) is 30.6. The van der Waals surface area contributed by atoms with Crippen molar-refractivity contribution in [3.05, 3.63) is 0 Å². The third-order valence-electron chi connectivity index (χ3n) is 2.21. The van der Waals surface area contributed by atoms with Gasteiger partial charge in [0.1, 0.15) is 0 Å². The van der Waals surface area contributed by atoms with Crippen molar-refractivity contribution in [2.24, 2.45) is 0 Å². The fourth-order valence-electron chi connectivity index (χ4n) is 1.48. The van der Waals surface area contributed by atoms with Gasteiger partial charge >= 0.3 is 0 Å². The Labute approximate surface area is 78.4 Å². The second kappa shape index (κ2) is 3.21. The number of hydrogen-bond donors (Lipinski definition) is 1. The zero-order chi connectivity index (χ0) is 10.3. The lowest BCUT2D eigenvalue weighted by atomic mass is 10.4. The van der Waals surface area contributed by atoms with E-state index >= 15 is 0 Å². The predicted molar refractivity (Wildman–Crippen MR) is 50.1 cm³/mol. The minimum absolute atomic E-state index is 0.233. The fraction of sp³-hybridized carbons (Fsp3) is 1.00. The van der Waals surface area contributed by atoms with E-state index in [9.17, 15) is 16.8 Å². The van der Waals surface area contributed by atoms with Crippen LogP contribution in [0.15, 0.2) is 0 Å². The van der Waals surface area contributed by atoms with Crippen LogP contribution in [0.2, 0.25) is 0 Å². The first-order chi connectivity index (χ1) is 5.73. The predicted octanol–water partition coefficient (Wildman–Crippen LogP) is -1.58. The van der Waals surface area contributed by atoms with Crippen LogP contribution in [0.3, 0.4) is 0 Å². The molecule has 0 unspecified atom stereocenters. The van der Waals surface area contributed by atoms with Crippen molar-refractivity contribution in [1.29, 1.82) is 0 Å². The highest BCUT2D eigenvalue weighted by Crippen LogP contribution is 2.16. The third kappa shape index (κ3) is 2.41. The smallest absolute Gasteiger partial charge is 0.152 e. The van der Waals surface area contributed by atoms with Gasteiger partial charge in [-0.3, -0.25) is 0 Å². The molecule has 1 fully saturated rings. The zero-order valence-corrected chi connectivity index (χ0v) is 9.15. The molecule has 0 spiro atoms. The van der Waals surface area contributed by atoms with Crippen molar-refractivity contribution in [2.75, 3.05) is 25.6 Å². The van der Waals surface area contributed by atoms with Crippen molar-refractivity contribution in [3.8, 4) is 0 Å². The van der Waals surface area contributed by atoms with Crippen molar-refractivity contribution >= 4 is 19.7 Å². The van der Waals surface area contributed by atoms with Crippen LogP contribution in [0.5, 0.6) is 0 Å². The van der Waals surface area contributed by atoms with Gasteiger partial charge < -0.3 is 5.32 Å². The van der Waals surface area contributed by atoms with E-state index in [1.807, 2.05) is 0 Å². The maximum Gasteiger partial charge on any atom is 0.152 e. The number of nitrogens with one attached hydrogen (secondary N) is 1. The van der Waals surface area contributed by atoms with E-state index < -0.39 is 30.2 Å². The zero-order valence-electron chi connectivity index (χ0n) is 7.52. The fourth-order valence-corrected chi connectivity index (χ4v) is 4.83. The molecular formula is C6H13NO4S2. The van der Waals surface area contributed by atoms with E-state index in [2.05, 4.69) is 5.32 Å². The molecule has 0 aromatic rings. The molecule has 0 aromatic heterocycles. The summed E-state index contributed by atoms with van der Waals surface area (Å²) in [4.78, 5) is 0. The lowest BCUT2D eigenvalue weighted by Crippen LogP contribution is -2.37. The van der Waals surface area contributed by atoms with Gasteiger partial charge in [0.25, 0.3) is 0 Å². The van der Waals surface area contributed by atoms with Crippen LogP contribution < -0.4 is 5.32 Å². The summed E-state index contributed by atoms with van der Waals surface area (Å²) in [7, 11) is -6.55. The van der Waals surface area contributed by atoms with Crippen LogP contribution in [-0.2, 0) is 19.7 Å². The second-order valence-electron chi connectivity index (χ2n) is 3.39. The molecule has 2 atom stereocenters. The molecule has 1 aliphatic rings. The van der Waals surface area contributed by atoms with Gasteiger partial charge in [0.2, 0.25) is 0 Å². The Hall–Kier alpha value is -0.140.